The van der Waals surface area contributed by atoms with Gasteiger partial charge < -0.3 is 10.2 Å². The maximum absolute atomic E-state index is 12.4. The minimum absolute atomic E-state index is 0.0146. The SMILES string of the molecule is CC1CCN(C(=O)C2CC2C(=O)NCCc2cccc(Cl)c2)CC1. The first-order valence-electron chi connectivity index (χ1n) is 8.85. The second kappa shape index (κ2) is 7.56. The maximum atomic E-state index is 12.4. The van der Waals surface area contributed by atoms with E-state index in [1.807, 2.05) is 29.2 Å². The van der Waals surface area contributed by atoms with Crippen molar-refractivity contribution in [3.05, 3.63) is 34.9 Å². The first-order chi connectivity index (χ1) is 11.5. The van der Waals surface area contributed by atoms with Gasteiger partial charge in [-0.2, -0.15) is 0 Å². The van der Waals surface area contributed by atoms with Crippen LogP contribution in [0.4, 0.5) is 0 Å². The molecule has 3 rings (SSSR count). The molecule has 1 aliphatic carbocycles. The fourth-order valence-corrected chi connectivity index (χ4v) is 3.59. The van der Waals surface area contributed by atoms with Gasteiger partial charge in [0.05, 0.1) is 11.8 Å². The fourth-order valence-electron chi connectivity index (χ4n) is 3.37. The van der Waals surface area contributed by atoms with Gasteiger partial charge in [0, 0.05) is 24.7 Å². The zero-order valence-corrected chi connectivity index (χ0v) is 14.9. The molecule has 0 spiro atoms. The zero-order chi connectivity index (χ0) is 17.1. The van der Waals surface area contributed by atoms with Crippen molar-refractivity contribution < 1.29 is 9.59 Å². The van der Waals surface area contributed by atoms with Crippen molar-refractivity contribution >= 4 is 23.4 Å². The molecule has 1 N–H and O–H groups in total. The highest BCUT2D eigenvalue weighted by molar-refractivity contribution is 6.30. The summed E-state index contributed by atoms with van der Waals surface area (Å²) in [5.41, 5.74) is 1.11. The minimum atomic E-state index is -0.129. The van der Waals surface area contributed by atoms with Gasteiger partial charge in [-0.3, -0.25) is 9.59 Å². The van der Waals surface area contributed by atoms with Crippen LogP contribution in [-0.2, 0) is 16.0 Å². The number of carbonyl (C=O) groups excluding carboxylic acids is 2. The standard InChI is InChI=1S/C19H25ClN2O2/c1-13-6-9-22(10-7-13)19(24)17-12-16(17)18(23)21-8-5-14-3-2-4-15(20)11-14/h2-4,11,13,16-17H,5-10,12H2,1H3,(H,21,23). The number of nitrogens with zero attached hydrogens (tertiary/aromatic N) is 1. The van der Waals surface area contributed by atoms with E-state index in [2.05, 4.69) is 12.2 Å². The molecule has 2 fully saturated rings. The van der Waals surface area contributed by atoms with Gasteiger partial charge in [-0.15, -0.1) is 0 Å². The minimum Gasteiger partial charge on any atom is -0.356 e. The Morgan fingerprint density at radius 2 is 2.00 bits per heavy atom. The summed E-state index contributed by atoms with van der Waals surface area (Å²) in [6.07, 6.45) is 3.61. The first kappa shape index (κ1) is 17.3. The van der Waals surface area contributed by atoms with E-state index in [1.54, 1.807) is 0 Å². The highest BCUT2D eigenvalue weighted by atomic mass is 35.5. The van der Waals surface area contributed by atoms with Crippen molar-refractivity contribution in [3.8, 4) is 0 Å². The molecule has 1 aromatic rings. The topological polar surface area (TPSA) is 49.4 Å². The van der Waals surface area contributed by atoms with Gasteiger partial charge in [-0.25, -0.2) is 0 Å². The molecular weight excluding hydrogens is 324 g/mol. The van der Waals surface area contributed by atoms with Crippen LogP contribution in [0.25, 0.3) is 0 Å². The van der Waals surface area contributed by atoms with Crippen LogP contribution in [0.15, 0.2) is 24.3 Å². The molecule has 0 bridgehead atoms. The summed E-state index contributed by atoms with van der Waals surface area (Å²) in [5.74, 6) is 0.678. The number of nitrogens with one attached hydrogen (secondary N) is 1. The average Bonchev–Trinajstić information content (AvgIpc) is 3.36. The van der Waals surface area contributed by atoms with Crippen molar-refractivity contribution in [3.63, 3.8) is 0 Å². The Balaban J connectivity index is 1.40. The number of carbonyl (C=O) groups is 2. The summed E-state index contributed by atoms with van der Waals surface area (Å²) in [7, 11) is 0. The molecule has 1 aliphatic heterocycles. The monoisotopic (exact) mass is 348 g/mol. The second-order valence-electron chi connectivity index (χ2n) is 7.13. The molecule has 2 atom stereocenters. The van der Waals surface area contributed by atoms with Crippen molar-refractivity contribution in [2.75, 3.05) is 19.6 Å². The number of piperidine rings is 1. The van der Waals surface area contributed by atoms with Crippen LogP contribution in [0.3, 0.4) is 0 Å². The number of likely N-dealkylation sites (tertiary alicyclic amines) is 1. The van der Waals surface area contributed by atoms with Gasteiger partial charge in [0.2, 0.25) is 11.8 Å². The van der Waals surface area contributed by atoms with E-state index < -0.39 is 0 Å². The van der Waals surface area contributed by atoms with Crippen LogP contribution in [0, 0.1) is 17.8 Å². The summed E-state index contributed by atoms with van der Waals surface area (Å²) in [6.45, 7) is 4.51. The molecule has 5 heteroatoms. The molecule has 2 unspecified atom stereocenters. The van der Waals surface area contributed by atoms with E-state index in [9.17, 15) is 9.59 Å². The van der Waals surface area contributed by atoms with E-state index >= 15 is 0 Å². The number of amides is 2. The number of halogens is 1. The Bertz CT molecular complexity index is 611. The number of benzene rings is 1. The van der Waals surface area contributed by atoms with Gasteiger partial charge in [-0.05, 0) is 49.3 Å². The molecule has 130 valence electrons. The lowest BCUT2D eigenvalue weighted by Crippen LogP contribution is -2.39. The zero-order valence-electron chi connectivity index (χ0n) is 14.1. The van der Waals surface area contributed by atoms with Crippen LogP contribution in [-0.4, -0.2) is 36.3 Å². The molecular formula is C19H25ClN2O2. The lowest BCUT2D eigenvalue weighted by molar-refractivity contribution is -0.135. The van der Waals surface area contributed by atoms with E-state index in [1.165, 1.54) is 0 Å². The van der Waals surface area contributed by atoms with E-state index in [4.69, 9.17) is 11.6 Å². The van der Waals surface area contributed by atoms with Gasteiger partial charge in [0.1, 0.15) is 0 Å². The van der Waals surface area contributed by atoms with Gasteiger partial charge in [0.25, 0.3) is 0 Å². The summed E-state index contributed by atoms with van der Waals surface area (Å²) in [5, 5.41) is 3.67. The summed E-state index contributed by atoms with van der Waals surface area (Å²) in [6, 6.07) is 7.66. The van der Waals surface area contributed by atoms with Crippen LogP contribution in [0.2, 0.25) is 5.02 Å². The van der Waals surface area contributed by atoms with Gasteiger partial charge in [-0.1, -0.05) is 30.7 Å². The third-order valence-corrected chi connectivity index (χ3v) is 5.38. The average molecular weight is 349 g/mol. The number of hydrogen-bond acceptors (Lipinski definition) is 2. The predicted molar refractivity (Wildman–Crippen MR) is 94.7 cm³/mol. The van der Waals surface area contributed by atoms with Crippen LogP contribution >= 0.6 is 11.6 Å². The van der Waals surface area contributed by atoms with E-state index in [0.717, 1.165) is 37.9 Å². The Morgan fingerprint density at radius 3 is 2.71 bits per heavy atom. The summed E-state index contributed by atoms with van der Waals surface area (Å²) >= 11 is 5.95. The molecule has 0 radical (unpaired) electrons. The van der Waals surface area contributed by atoms with Crippen molar-refractivity contribution in [2.45, 2.75) is 32.6 Å². The summed E-state index contributed by atoms with van der Waals surface area (Å²) in [4.78, 5) is 26.6. The van der Waals surface area contributed by atoms with Gasteiger partial charge in [0.15, 0.2) is 0 Å². The third kappa shape index (κ3) is 4.29. The highest BCUT2D eigenvalue weighted by Gasteiger charge is 2.49. The van der Waals surface area contributed by atoms with Crippen LogP contribution in [0.5, 0.6) is 0 Å². The molecule has 1 heterocycles. The largest absolute Gasteiger partial charge is 0.356 e. The van der Waals surface area contributed by atoms with Crippen molar-refractivity contribution in [1.29, 1.82) is 0 Å². The second-order valence-corrected chi connectivity index (χ2v) is 7.56. The van der Waals surface area contributed by atoms with E-state index in [-0.39, 0.29) is 23.7 Å². The van der Waals surface area contributed by atoms with E-state index in [0.29, 0.717) is 23.9 Å². The molecule has 24 heavy (non-hydrogen) atoms. The molecule has 1 saturated carbocycles. The Labute approximate surface area is 148 Å². The molecule has 2 aliphatic rings. The Morgan fingerprint density at radius 1 is 1.25 bits per heavy atom. The maximum Gasteiger partial charge on any atom is 0.226 e. The first-order valence-corrected chi connectivity index (χ1v) is 9.23. The van der Waals surface area contributed by atoms with Crippen LogP contribution in [0.1, 0.15) is 31.7 Å². The Kier molecular flexibility index (Phi) is 5.44. The van der Waals surface area contributed by atoms with Crippen LogP contribution < -0.4 is 5.32 Å². The van der Waals surface area contributed by atoms with Crippen molar-refractivity contribution in [1.82, 2.24) is 10.2 Å². The third-order valence-electron chi connectivity index (χ3n) is 5.14. The lowest BCUT2D eigenvalue weighted by Gasteiger charge is -2.30. The normalized spacial score (nSPS) is 23.8. The molecule has 1 saturated heterocycles. The molecule has 0 aromatic heterocycles. The fraction of sp³-hybridized carbons (Fsp3) is 0.579. The molecule has 1 aromatic carbocycles. The molecule has 2 amide bonds. The number of hydrogen-bond donors (Lipinski definition) is 1. The highest BCUT2D eigenvalue weighted by Crippen LogP contribution is 2.40. The quantitative estimate of drug-likeness (QED) is 0.889. The lowest BCUT2D eigenvalue weighted by atomic mass is 9.99. The molecule has 4 nitrogen and oxygen atoms in total. The number of rotatable bonds is 5. The Hall–Kier alpha value is -1.55. The smallest absolute Gasteiger partial charge is 0.226 e. The summed E-state index contributed by atoms with van der Waals surface area (Å²) < 4.78 is 0. The van der Waals surface area contributed by atoms with Crippen molar-refractivity contribution in [2.24, 2.45) is 17.8 Å². The van der Waals surface area contributed by atoms with Gasteiger partial charge >= 0.3 is 0 Å². The predicted octanol–water partition coefficient (Wildman–Crippen LogP) is 2.89.